The van der Waals surface area contributed by atoms with Gasteiger partial charge in [-0.2, -0.15) is 0 Å². The molecular weight excluding hydrogens is 266 g/mol. The number of halogens is 1. The summed E-state index contributed by atoms with van der Waals surface area (Å²) in [7, 11) is 3.20. The van der Waals surface area contributed by atoms with E-state index in [9.17, 15) is 0 Å². The lowest BCUT2D eigenvalue weighted by Gasteiger charge is -2.22. The minimum absolute atomic E-state index is 0.0694. The van der Waals surface area contributed by atoms with Gasteiger partial charge in [0, 0.05) is 30.3 Å². The monoisotopic (exact) mass is 287 g/mol. The fourth-order valence-corrected chi connectivity index (χ4v) is 2.26. The van der Waals surface area contributed by atoms with Crippen LogP contribution < -0.4 is 14.8 Å². The Morgan fingerprint density at radius 2 is 1.84 bits per heavy atom. The van der Waals surface area contributed by atoms with E-state index in [1.165, 1.54) is 0 Å². The van der Waals surface area contributed by atoms with Gasteiger partial charge in [0.05, 0.1) is 19.2 Å². The molecule has 0 aliphatic rings. The van der Waals surface area contributed by atoms with Gasteiger partial charge < -0.3 is 19.9 Å². The first-order chi connectivity index (χ1) is 9.03. The molecule has 0 aliphatic carbocycles. The minimum atomic E-state index is 0.0694. The Kier molecular flexibility index (Phi) is 6.42. The van der Waals surface area contributed by atoms with E-state index in [-0.39, 0.29) is 18.7 Å². The van der Waals surface area contributed by atoms with Gasteiger partial charge in [-0.05, 0) is 26.3 Å². The van der Waals surface area contributed by atoms with Gasteiger partial charge in [-0.15, -0.1) is 0 Å². The van der Waals surface area contributed by atoms with E-state index in [4.69, 9.17) is 26.2 Å². The van der Waals surface area contributed by atoms with E-state index in [0.29, 0.717) is 17.2 Å². The first-order valence-corrected chi connectivity index (χ1v) is 6.69. The van der Waals surface area contributed by atoms with Crippen molar-refractivity contribution in [3.05, 3.63) is 22.7 Å². The van der Waals surface area contributed by atoms with Crippen molar-refractivity contribution in [3.8, 4) is 11.5 Å². The number of hydrogen-bond donors (Lipinski definition) is 2. The average molecular weight is 288 g/mol. The Hall–Kier alpha value is -0.970. The van der Waals surface area contributed by atoms with Crippen molar-refractivity contribution in [1.82, 2.24) is 5.32 Å². The normalized spacial score (nSPS) is 14.0. The number of aliphatic hydroxyl groups is 1. The highest BCUT2D eigenvalue weighted by molar-refractivity contribution is 6.32. The van der Waals surface area contributed by atoms with Crippen molar-refractivity contribution < 1.29 is 14.6 Å². The molecule has 19 heavy (non-hydrogen) atoms. The van der Waals surface area contributed by atoms with Crippen LogP contribution in [0.2, 0.25) is 5.02 Å². The van der Waals surface area contributed by atoms with Gasteiger partial charge in [0.1, 0.15) is 11.5 Å². The smallest absolute Gasteiger partial charge is 0.141 e. The SMILES string of the molecule is COc1cc(OC)c(C(C)N[C@H](C)CCO)cc1Cl. The van der Waals surface area contributed by atoms with Gasteiger partial charge in [-0.3, -0.25) is 0 Å². The van der Waals surface area contributed by atoms with E-state index in [1.54, 1.807) is 20.3 Å². The van der Waals surface area contributed by atoms with Crippen LogP contribution in [-0.2, 0) is 0 Å². The fraction of sp³-hybridized carbons (Fsp3) is 0.571. The van der Waals surface area contributed by atoms with E-state index in [2.05, 4.69) is 5.32 Å². The lowest BCUT2D eigenvalue weighted by Crippen LogP contribution is -2.29. The highest BCUT2D eigenvalue weighted by Gasteiger charge is 2.16. The van der Waals surface area contributed by atoms with Gasteiger partial charge in [-0.25, -0.2) is 0 Å². The van der Waals surface area contributed by atoms with Crippen LogP contribution in [-0.4, -0.2) is 32.0 Å². The van der Waals surface area contributed by atoms with Crippen LogP contribution in [0.1, 0.15) is 31.9 Å². The second-order valence-electron chi connectivity index (χ2n) is 4.53. The number of rotatable bonds is 7. The molecule has 5 heteroatoms. The summed E-state index contributed by atoms with van der Waals surface area (Å²) in [6.45, 7) is 4.24. The molecule has 0 aliphatic heterocycles. The summed E-state index contributed by atoms with van der Waals surface area (Å²) in [5.74, 6) is 1.33. The molecule has 1 aromatic carbocycles. The van der Waals surface area contributed by atoms with Crippen molar-refractivity contribution in [2.75, 3.05) is 20.8 Å². The number of nitrogens with one attached hydrogen (secondary N) is 1. The van der Waals surface area contributed by atoms with Crippen molar-refractivity contribution in [3.63, 3.8) is 0 Å². The summed E-state index contributed by atoms with van der Waals surface area (Å²) in [4.78, 5) is 0. The predicted octanol–water partition coefficient (Wildman–Crippen LogP) is 2.78. The summed E-state index contributed by atoms with van der Waals surface area (Å²) < 4.78 is 10.6. The Morgan fingerprint density at radius 1 is 1.21 bits per heavy atom. The van der Waals surface area contributed by atoms with Gasteiger partial charge >= 0.3 is 0 Å². The third-order valence-electron chi connectivity index (χ3n) is 3.07. The lowest BCUT2D eigenvalue weighted by atomic mass is 10.1. The molecule has 1 rings (SSSR count). The number of hydrogen-bond acceptors (Lipinski definition) is 4. The van der Waals surface area contributed by atoms with Crippen molar-refractivity contribution >= 4 is 11.6 Å². The van der Waals surface area contributed by atoms with E-state index in [0.717, 1.165) is 11.3 Å². The Balaban J connectivity index is 2.95. The first-order valence-electron chi connectivity index (χ1n) is 6.31. The third kappa shape index (κ3) is 4.27. The molecule has 0 bridgehead atoms. The second-order valence-corrected chi connectivity index (χ2v) is 4.94. The number of benzene rings is 1. The number of methoxy groups -OCH3 is 2. The molecule has 0 saturated heterocycles. The average Bonchev–Trinajstić information content (AvgIpc) is 2.38. The van der Waals surface area contributed by atoms with Crippen molar-refractivity contribution in [2.45, 2.75) is 32.4 Å². The molecule has 0 amide bonds. The summed E-state index contributed by atoms with van der Waals surface area (Å²) >= 11 is 6.15. The molecule has 2 N–H and O–H groups in total. The van der Waals surface area contributed by atoms with Crippen LogP contribution in [0.15, 0.2) is 12.1 Å². The zero-order valence-corrected chi connectivity index (χ0v) is 12.6. The van der Waals surface area contributed by atoms with Gasteiger partial charge in [-0.1, -0.05) is 11.6 Å². The van der Waals surface area contributed by atoms with Crippen LogP contribution in [0, 0.1) is 0 Å². The number of ether oxygens (including phenoxy) is 2. The molecule has 2 atom stereocenters. The van der Waals surface area contributed by atoms with Gasteiger partial charge in [0.2, 0.25) is 0 Å². The quantitative estimate of drug-likeness (QED) is 0.810. The lowest BCUT2D eigenvalue weighted by molar-refractivity contribution is 0.264. The van der Waals surface area contributed by atoms with Gasteiger partial charge in [0.15, 0.2) is 0 Å². The van der Waals surface area contributed by atoms with Crippen molar-refractivity contribution in [1.29, 1.82) is 0 Å². The first kappa shape index (κ1) is 16.1. The predicted molar refractivity (Wildman–Crippen MR) is 77.3 cm³/mol. The van der Waals surface area contributed by atoms with Crippen LogP contribution in [0.4, 0.5) is 0 Å². The van der Waals surface area contributed by atoms with Crippen LogP contribution in [0.3, 0.4) is 0 Å². The molecule has 0 fully saturated rings. The zero-order chi connectivity index (χ0) is 14.4. The molecule has 4 nitrogen and oxygen atoms in total. The van der Waals surface area contributed by atoms with Gasteiger partial charge in [0.25, 0.3) is 0 Å². The Labute approximate surface area is 119 Å². The molecule has 1 unspecified atom stereocenters. The summed E-state index contributed by atoms with van der Waals surface area (Å²) in [6, 6.07) is 3.92. The maximum Gasteiger partial charge on any atom is 0.141 e. The van der Waals surface area contributed by atoms with Crippen molar-refractivity contribution in [2.24, 2.45) is 0 Å². The summed E-state index contributed by atoms with van der Waals surface area (Å²) in [5.41, 5.74) is 0.970. The molecular formula is C14H22ClNO3. The zero-order valence-electron chi connectivity index (χ0n) is 11.9. The number of aliphatic hydroxyl groups excluding tert-OH is 1. The summed E-state index contributed by atoms with van der Waals surface area (Å²) in [5, 5.41) is 12.9. The second kappa shape index (κ2) is 7.58. The molecule has 108 valence electrons. The molecule has 0 radical (unpaired) electrons. The van der Waals surface area contributed by atoms with E-state index < -0.39 is 0 Å². The fourth-order valence-electron chi connectivity index (χ4n) is 2.02. The molecule has 1 aromatic rings. The Morgan fingerprint density at radius 3 is 2.37 bits per heavy atom. The Bertz CT molecular complexity index is 412. The largest absolute Gasteiger partial charge is 0.496 e. The van der Waals surface area contributed by atoms with Crippen LogP contribution >= 0.6 is 11.6 Å². The summed E-state index contributed by atoms with van der Waals surface area (Å²) in [6.07, 6.45) is 0.705. The highest BCUT2D eigenvalue weighted by Crippen LogP contribution is 2.35. The van der Waals surface area contributed by atoms with E-state index in [1.807, 2.05) is 19.9 Å². The highest BCUT2D eigenvalue weighted by atomic mass is 35.5. The molecule has 0 saturated carbocycles. The molecule has 0 spiro atoms. The standard InChI is InChI=1S/C14H22ClNO3/c1-9(5-6-17)16-10(2)11-7-12(15)14(19-4)8-13(11)18-3/h7-10,16-17H,5-6H2,1-4H3/t9-,10?/m1/s1. The minimum Gasteiger partial charge on any atom is -0.496 e. The van der Waals surface area contributed by atoms with E-state index >= 15 is 0 Å². The third-order valence-corrected chi connectivity index (χ3v) is 3.36. The maximum atomic E-state index is 8.93. The van der Waals surface area contributed by atoms with Crippen LogP contribution in [0.5, 0.6) is 11.5 Å². The topological polar surface area (TPSA) is 50.7 Å². The van der Waals surface area contributed by atoms with Crippen LogP contribution in [0.25, 0.3) is 0 Å². The molecule has 0 aromatic heterocycles. The molecule has 0 heterocycles. The maximum absolute atomic E-state index is 8.93.